The average Bonchev–Trinajstić information content (AvgIpc) is 2.75. The van der Waals surface area contributed by atoms with E-state index in [1.807, 2.05) is 4.98 Å². The monoisotopic (exact) mass is 347 g/mol. The van der Waals surface area contributed by atoms with Crippen molar-refractivity contribution in [1.82, 2.24) is 9.55 Å². The Labute approximate surface area is 133 Å². The van der Waals surface area contributed by atoms with Crippen LogP contribution in [0.2, 0.25) is 0 Å². The van der Waals surface area contributed by atoms with Gasteiger partial charge in [0.1, 0.15) is 12.2 Å². The maximum Gasteiger partial charge on any atom is 0.330 e. The summed E-state index contributed by atoms with van der Waals surface area (Å²) < 4.78 is 6.35. The second kappa shape index (κ2) is 7.27. The Morgan fingerprint density at radius 2 is 2.09 bits per heavy atom. The van der Waals surface area contributed by atoms with Crippen molar-refractivity contribution in [1.29, 1.82) is 0 Å². The predicted molar refractivity (Wildman–Crippen MR) is 80.1 cm³/mol. The zero-order chi connectivity index (χ0) is 17.1. The molecule has 1 aliphatic heterocycles. The molecule has 0 spiro atoms. The van der Waals surface area contributed by atoms with Crippen molar-refractivity contribution in [2.45, 2.75) is 31.0 Å². The van der Waals surface area contributed by atoms with Gasteiger partial charge in [-0.2, -0.15) is 0 Å². The summed E-state index contributed by atoms with van der Waals surface area (Å²) in [6.45, 7) is 0. The first-order valence-electron chi connectivity index (χ1n) is 6.70. The molecule has 0 bridgehead atoms. The largest absolute Gasteiger partial charge is 0.481 e. The summed E-state index contributed by atoms with van der Waals surface area (Å²) >= 11 is 1.29. The van der Waals surface area contributed by atoms with Crippen LogP contribution in [0.4, 0.5) is 0 Å². The Balaban J connectivity index is 2.32. The van der Waals surface area contributed by atoms with Gasteiger partial charge >= 0.3 is 11.7 Å². The van der Waals surface area contributed by atoms with Crippen LogP contribution in [0.25, 0.3) is 0 Å². The van der Waals surface area contributed by atoms with Gasteiger partial charge in [0, 0.05) is 23.4 Å². The molecular weight excluding hydrogens is 330 g/mol. The van der Waals surface area contributed by atoms with Crippen molar-refractivity contribution in [2.75, 3.05) is 11.6 Å². The number of nitrogens with two attached hydrogens (primary N) is 1. The van der Waals surface area contributed by atoms with Gasteiger partial charge in [-0.1, -0.05) is 0 Å². The quantitative estimate of drug-likeness (QED) is 0.347. The van der Waals surface area contributed by atoms with Gasteiger partial charge in [-0.3, -0.25) is 19.1 Å². The summed E-state index contributed by atoms with van der Waals surface area (Å²) in [7, 11) is 0. The van der Waals surface area contributed by atoms with Crippen molar-refractivity contribution < 1.29 is 24.9 Å². The number of nitrogens with one attached hydrogen (secondary N) is 1. The van der Waals surface area contributed by atoms with E-state index in [0.717, 1.165) is 10.8 Å². The Morgan fingerprint density at radius 1 is 1.39 bits per heavy atom. The van der Waals surface area contributed by atoms with Gasteiger partial charge < -0.3 is 25.8 Å². The Morgan fingerprint density at radius 3 is 2.70 bits per heavy atom. The van der Waals surface area contributed by atoms with Crippen LogP contribution in [0.1, 0.15) is 11.8 Å². The first-order valence-corrected chi connectivity index (χ1v) is 7.86. The molecule has 11 heteroatoms. The summed E-state index contributed by atoms with van der Waals surface area (Å²) in [5, 5.41) is 28.8. The molecule has 0 saturated carbocycles. The van der Waals surface area contributed by atoms with E-state index in [1.54, 1.807) is 0 Å². The molecule has 10 nitrogen and oxygen atoms in total. The highest BCUT2D eigenvalue weighted by Crippen LogP contribution is 2.30. The minimum atomic E-state index is -1.40. The highest BCUT2D eigenvalue weighted by Gasteiger charge is 2.44. The molecule has 0 aromatic carbocycles. The fraction of sp³-hybridized carbons (Fsp3) is 0.583. The van der Waals surface area contributed by atoms with E-state index in [9.17, 15) is 24.6 Å². The molecule has 128 valence electrons. The topological polar surface area (TPSA) is 168 Å². The molecule has 1 aromatic heterocycles. The van der Waals surface area contributed by atoms with E-state index in [4.69, 9.17) is 15.6 Å². The number of carboxylic acid groups (broad SMARTS) is 1. The molecule has 1 aliphatic rings. The number of aliphatic hydroxyl groups excluding tert-OH is 2. The maximum absolute atomic E-state index is 11.9. The smallest absolute Gasteiger partial charge is 0.330 e. The van der Waals surface area contributed by atoms with E-state index >= 15 is 0 Å². The first-order chi connectivity index (χ1) is 10.8. The summed E-state index contributed by atoms with van der Waals surface area (Å²) in [5.74, 6) is -0.633. The van der Waals surface area contributed by atoms with Gasteiger partial charge in [-0.15, -0.1) is 11.8 Å². The van der Waals surface area contributed by atoms with Gasteiger partial charge in [0.05, 0.1) is 12.5 Å². The third-order valence-corrected chi connectivity index (χ3v) is 4.19. The zero-order valence-corrected chi connectivity index (χ0v) is 12.7. The van der Waals surface area contributed by atoms with Gasteiger partial charge in [-0.25, -0.2) is 4.79 Å². The molecule has 1 saturated heterocycles. The lowest BCUT2D eigenvalue weighted by Crippen LogP contribution is -2.39. The number of aliphatic carboxylic acids is 1. The molecule has 23 heavy (non-hydrogen) atoms. The van der Waals surface area contributed by atoms with Crippen LogP contribution in [0, 0.1) is 0 Å². The molecule has 1 fully saturated rings. The predicted octanol–water partition coefficient (Wildman–Crippen LogP) is -2.57. The molecule has 0 aliphatic carbocycles. The molecule has 2 heterocycles. The number of aromatic nitrogens is 2. The minimum Gasteiger partial charge on any atom is -0.481 e. The van der Waals surface area contributed by atoms with Gasteiger partial charge in [-0.05, 0) is 0 Å². The van der Waals surface area contributed by atoms with Gasteiger partial charge in [0.2, 0.25) is 0 Å². The molecule has 0 amide bonds. The number of carboxylic acids is 1. The van der Waals surface area contributed by atoms with Crippen LogP contribution in [0.5, 0.6) is 0 Å². The van der Waals surface area contributed by atoms with Crippen molar-refractivity contribution in [3.8, 4) is 0 Å². The number of aliphatic hydroxyl groups is 2. The van der Waals surface area contributed by atoms with Crippen molar-refractivity contribution in [3.05, 3.63) is 32.6 Å². The van der Waals surface area contributed by atoms with Crippen LogP contribution < -0.4 is 17.0 Å². The molecule has 0 unspecified atom stereocenters. The third-order valence-electron chi connectivity index (χ3n) is 3.39. The normalized spacial score (nSPS) is 27.3. The van der Waals surface area contributed by atoms with Gasteiger partial charge in [0.15, 0.2) is 6.23 Å². The lowest BCUT2D eigenvalue weighted by molar-refractivity contribution is -0.136. The number of carbonyl (C=O) groups is 1. The lowest BCUT2D eigenvalue weighted by atomic mass is 10.1. The summed E-state index contributed by atoms with van der Waals surface area (Å²) in [6, 6.07) is 0. The molecule has 2 rings (SSSR count). The average molecular weight is 347 g/mol. The van der Waals surface area contributed by atoms with Crippen LogP contribution >= 0.6 is 11.8 Å². The summed E-state index contributed by atoms with van der Waals surface area (Å²) in [6.07, 6.45) is -4.18. The highest BCUT2D eigenvalue weighted by atomic mass is 32.2. The number of nitrogens with zero attached hydrogens (tertiary/aromatic N) is 1. The van der Waals surface area contributed by atoms with E-state index in [0.29, 0.717) is 11.6 Å². The fourth-order valence-corrected chi connectivity index (χ4v) is 2.93. The SMILES string of the molecule is NCSC[C@H]1O[C@@H](n2cc(CC(=O)O)c(=O)[nH]c2=O)[C@H](O)[C@@H]1O. The Hall–Kier alpha value is -1.66. The third kappa shape index (κ3) is 3.82. The van der Waals surface area contributed by atoms with E-state index in [-0.39, 0.29) is 5.56 Å². The zero-order valence-electron chi connectivity index (χ0n) is 11.9. The molecule has 0 radical (unpaired) electrons. The number of hydrogen-bond donors (Lipinski definition) is 5. The van der Waals surface area contributed by atoms with Crippen molar-refractivity contribution in [2.24, 2.45) is 5.73 Å². The highest BCUT2D eigenvalue weighted by molar-refractivity contribution is 7.99. The number of H-pyrrole nitrogens is 1. The van der Waals surface area contributed by atoms with Crippen LogP contribution in [0.15, 0.2) is 15.8 Å². The standard InChI is InChI=1S/C12H17N3O7S/c13-4-23-3-6-8(18)9(19)11(22-6)15-2-5(1-7(16)17)10(20)14-12(15)21/h2,6,8-9,11,18-19H,1,3-4,13H2,(H,16,17)(H,14,20,21)/t6-,8-,9-,11-/m1/s1. The Kier molecular flexibility index (Phi) is 5.59. The second-order valence-electron chi connectivity index (χ2n) is 4.98. The lowest BCUT2D eigenvalue weighted by Gasteiger charge is -2.17. The number of thioether (sulfide) groups is 1. The maximum atomic E-state index is 11.9. The molecular formula is C12H17N3O7S. The van der Waals surface area contributed by atoms with Crippen LogP contribution in [-0.4, -0.2) is 60.8 Å². The minimum absolute atomic E-state index is 0.165. The number of hydrogen-bond acceptors (Lipinski definition) is 8. The summed E-state index contributed by atoms with van der Waals surface area (Å²) in [4.78, 5) is 36.2. The van der Waals surface area contributed by atoms with Crippen molar-refractivity contribution in [3.63, 3.8) is 0 Å². The summed E-state index contributed by atoms with van der Waals surface area (Å²) in [5.41, 5.74) is 3.50. The molecule has 4 atom stereocenters. The molecule has 1 aromatic rings. The Bertz CT molecular complexity index is 688. The fourth-order valence-electron chi connectivity index (χ4n) is 2.29. The van der Waals surface area contributed by atoms with Gasteiger partial charge in [0.25, 0.3) is 5.56 Å². The number of aromatic amines is 1. The van der Waals surface area contributed by atoms with Crippen LogP contribution in [0.3, 0.4) is 0 Å². The van der Waals surface area contributed by atoms with E-state index in [1.165, 1.54) is 11.8 Å². The number of rotatable bonds is 6. The van der Waals surface area contributed by atoms with E-state index < -0.39 is 48.2 Å². The second-order valence-corrected chi connectivity index (χ2v) is 6.05. The van der Waals surface area contributed by atoms with Crippen LogP contribution in [-0.2, 0) is 16.0 Å². The van der Waals surface area contributed by atoms with Crippen molar-refractivity contribution >= 4 is 17.7 Å². The van der Waals surface area contributed by atoms with E-state index in [2.05, 4.69) is 0 Å². The molecule has 6 N–H and O–H groups in total. The number of ether oxygens (including phenoxy) is 1. The first kappa shape index (κ1) is 17.7.